The number of nitrogens with zero attached hydrogens (tertiary/aromatic N) is 2. The van der Waals surface area contributed by atoms with Gasteiger partial charge in [-0.05, 0) is 25.5 Å². The van der Waals surface area contributed by atoms with Gasteiger partial charge in [0, 0.05) is 31.7 Å². The highest BCUT2D eigenvalue weighted by Crippen LogP contribution is 2.11. The molecule has 5 heteroatoms. The number of nitrogens with one attached hydrogen (secondary N) is 1. The lowest BCUT2D eigenvalue weighted by Crippen LogP contribution is -2.42. The van der Waals surface area contributed by atoms with Crippen LogP contribution in [0.15, 0.2) is 12.3 Å². The molecule has 0 aliphatic rings. The first-order valence-corrected chi connectivity index (χ1v) is 5.43. The molecule has 0 bridgehead atoms. The Balaban J connectivity index is 2.61. The molecule has 1 amide bonds. The Kier molecular flexibility index (Phi) is 3.92. The Morgan fingerprint density at radius 2 is 2.29 bits per heavy atom. The van der Waals surface area contributed by atoms with E-state index in [2.05, 4.69) is 11.4 Å². The van der Waals surface area contributed by atoms with Crippen LogP contribution in [0.4, 0.5) is 0 Å². The maximum absolute atomic E-state index is 10.9. The van der Waals surface area contributed by atoms with Crippen LogP contribution in [0.25, 0.3) is 0 Å². The first kappa shape index (κ1) is 13.3. The first-order valence-electron chi connectivity index (χ1n) is 5.43. The number of amides is 1. The molecule has 1 heterocycles. The van der Waals surface area contributed by atoms with E-state index in [1.807, 2.05) is 33.2 Å². The summed E-state index contributed by atoms with van der Waals surface area (Å²) in [6, 6.07) is 3.93. The average molecular weight is 234 g/mol. The Morgan fingerprint density at radius 3 is 2.76 bits per heavy atom. The largest absolute Gasteiger partial charge is 0.370 e. The van der Waals surface area contributed by atoms with Gasteiger partial charge in [-0.2, -0.15) is 5.26 Å². The molecule has 0 aromatic carbocycles. The Labute approximate surface area is 101 Å². The van der Waals surface area contributed by atoms with Gasteiger partial charge in [0.25, 0.3) is 0 Å². The van der Waals surface area contributed by atoms with Crippen molar-refractivity contribution < 1.29 is 4.79 Å². The molecule has 5 nitrogen and oxygen atoms in total. The van der Waals surface area contributed by atoms with Crippen LogP contribution in [0.1, 0.15) is 31.5 Å². The van der Waals surface area contributed by atoms with Crippen LogP contribution in [0, 0.1) is 11.3 Å². The van der Waals surface area contributed by atoms with Gasteiger partial charge in [-0.25, -0.2) is 0 Å². The van der Waals surface area contributed by atoms with Crippen molar-refractivity contribution in [2.75, 3.05) is 0 Å². The Hall–Kier alpha value is -1.80. The van der Waals surface area contributed by atoms with Gasteiger partial charge >= 0.3 is 0 Å². The van der Waals surface area contributed by atoms with Gasteiger partial charge in [0.1, 0.15) is 11.8 Å². The second-order valence-corrected chi connectivity index (χ2v) is 4.84. The minimum absolute atomic E-state index is 0.283. The van der Waals surface area contributed by atoms with Crippen LogP contribution in [-0.4, -0.2) is 16.0 Å². The summed E-state index contributed by atoms with van der Waals surface area (Å²) >= 11 is 0. The highest BCUT2D eigenvalue weighted by molar-refractivity contribution is 5.74. The van der Waals surface area contributed by atoms with Gasteiger partial charge in [-0.3, -0.25) is 4.79 Å². The monoisotopic (exact) mass is 234 g/mol. The maximum atomic E-state index is 10.9. The molecular weight excluding hydrogens is 216 g/mol. The van der Waals surface area contributed by atoms with E-state index in [1.54, 1.807) is 4.57 Å². The zero-order valence-electron chi connectivity index (χ0n) is 10.4. The normalized spacial score (nSPS) is 11.2. The van der Waals surface area contributed by atoms with Crippen LogP contribution in [0.5, 0.6) is 0 Å². The van der Waals surface area contributed by atoms with Gasteiger partial charge in [-0.15, -0.1) is 0 Å². The number of hydrogen-bond donors (Lipinski definition) is 2. The quantitative estimate of drug-likeness (QED) is 0.784. The lowest BCUT2D eigenvalue weighted by molar-refractivity contribution is -0.119. The molecule has 17 heavy (non-hydrogen) atoms. The molecule has 92 valence electrons. The fourth-order valence-electron chi connectivity index (χ4n) is 1.68. The second-order valence-electron chi connectivity index (χ2n) is 4.84. The van der Waals surface area contributed by atoms with Gasteiger partial charge < -0.3 is 15.6 Å². The van der Waals surface area contributed by atoms with E-state index in [0.717, 1.165) is 5.56 Å². The summed E-state index contributed by atoms with van der Waals surface area (Å²) in [5, 5.41) is 12.1. The summed E-state index contributed by atoms with van der Waals surface area (Å²) in [4.78, 5) is 10.9. The molecule has 0 saturated heterocycles. The Bertz CT molecular complexity index is 454. The van der Waals surface area contributed by atoms with Crippen LogP contribution in [-0.2, 0) is 18.4 Å². The summed E-state index contributed by atoms with van der Waals surface area (Å²) in [6.07, 6.45) is 2.18. The predicted molar refractivity (Wildman–Crippen MR) is 64.9 cm³/mol. The molecule has 0 aliphatic carbocycles. The van der Waals surface area contributed by atoms with Crippen molar-refractivity contribution in [1.82, 2.24) is 9.88 Å². The molecule has 0 saturated carbocycles. The lowest BCUT2D eigenvalue weighted by atomic mass is 10.00. The summed E-state index contributed by atoms with van der Waals surface area (Å²) in [7, 11) is 1.83. The lowest BCUT2D eigenvalue weighted by Gasteiger charge is -2.24. The van der Waals surface area contributed by atoms with E-state index < -0.39 is 0 Å². The predicted octanol–water partition coefficient (Wildman–Crippen LogP) is 0.640. The molecule has 0 aliphatic heterocycles. The van der Waals surface area contributed by atoms with Crippen LogP contribution < -0.4 is 11.1 Å². The van der Waals surface area contributed by atoms with Crippen molar-refractivity contribution in [2.24, 2.45) is 12.8 Å². The number of hydrogen-bond acceptors (Lipinski definition) is 3. The molecule has 0 spiro atoms. The molecule has 1 aromatic heterocycles. The third-order valence-electron chi connectivity index (χ3n) is 2.56. The van der Waals surface area contributed by atoms with Crippen molar-refractivity contribution in [1.29, 1.82) is 5.26 Å². The molecule has 1 rings (SSSR count). The maximum Gasteiger partial charge on any atom is 0.219 e. The SMILES string of the molecule is Cn1cc(CNC(C)(C)CC(N)=O)cc1C#N. The van der Waals surface area contributed by atoms with E-state index in [-0.39, 0.29) is 17.9 Å². The molecule has 1 aromatic rings. The summed E-state index contributed by atoms with van der Waals surface area (Å²) < 4.78 is 1.78. The van der Waals surface area contributed by atoms with E-state index in [1.165, 1.54) is 0 Å². The number of carbonyl (C=O) groups is 1. The fourth-order valence-corrected chi connectivity index (χ4v) is 1.68. The van der Waals surface area contributed by atoms with Crippen LogP contribution in [0.2, 0.25) is 0 Å². The van der Waals surface area contributed by atoms with E-state index in [9.17, 15) is 4.79 Å². The standard InChI is InChI=1S/C12H18N4O/c1-12(2,5-11(14)17)15-7-9-4-10(6-13)16(3)8-9/h4,8,15H,5,7H2,1-3H3,(H2,14,17). The molecule has 0 fully saturated rings. The van der Waals surface area contributed by atoms with E-state index in [0.29, 0.717) is 12.2 Å². The van der Waals surface area contributed by atoms with Gasteiger partial charge in [-0.1, -0.05) is 0 Å². The van der Waals surface area contributed by atoms with Gasteiger partial charge in [0.2, 0.25) is 5.91 Å². The topological polar surface area (TPSA) is 83.8 Å². The number of nitrogens with two attached hydrogens (primary N) is 1. The minimum Gasteiger partial charge on any atom is -0.370 e. The first-order chi connectivity index (χ1) is 7.84. The summed E-state index contributed by atoms with van der Waals surface area (Å²) in [5.74, 6) is -0.326. The highest BCUT2D eigenvalue weighted by atomic mass is 16.1. The van der Waals surface area contributed by atoms with Gasteiger partial charge in [0.15, 0.2) is 0 Å². The van der Waals surface area contributed by atoms with E-state index >= 15 is 0 Å². The number of carbonyl (C=O) groups excluding carboxylic acids is 1. The molecular formula is C12H18N4O. The molecule has 0 radical (unpaired) electrons. The number of aromatic nitrogens is 1. The number of aryl methyl sites for hydroxylation is 1. The fraction of sp³-hybridized carbons (Fsp3) is 0.500. The van der Waals surface area contributed by atoms with Crippen molar-refractivity contribution in [3.63, 3.8) is 0 Å². The summed E-state index contributed by atoms with van der Waals surface area (Å²) in [6.45, 7) is 4.45. The third-order valence-corrected chi connectivity index (χ3v) is 2.56. The zero-order valence-corrected chi connectivity index (χ0v) is 10.4. The smallest absolute Gasteiger partial charge is 0.219 e. The van der Waals surface area contributed by atoms with Crippen LogP contribution in [0.3, 0.4) is 0 Å². The third kappa shape index (κ3) is 3.93. The van der Waals surface area contributed by atoms with Crippen molar-refractivity contribution in [2.45, 2.75) is 32.4 Å². The molecule has 0 atom stereocenters. The van der Waals surface area contributed by atoms with E-state index in [4.69, 9.17) is 11.0 Å². The molecule has 3 N–H and O–H groups in total. The number of nitriles is 1. The second kappa shape index (κ2) is 5.02. The highest BCUT2D eigenvalue weighted by Gasteiger charge is 2.19. The zero-order chi connectivity index (χ0) is 13.1. The number of rotatable bonds is 5. The number of primary amides is 1. The van der Waals surface area contributed by atoms with Crippen molar-refractivity contribution in [3.8, 4) is 6.07 Å². The summed E-state index contributed by atoms with van der Waals surface area (Å²) in [5.41, 5.74) is 6.47. The average Bonchev–Trinajstić information content (AvgIpc) is 2.54. The van der Waals surface area contributed by atoms with Crippen LogP contribution >= 0.6 is 0 Å². The van der Waals surface area contributed by atoms with Crippen molar-refractivity contribution >= 4 is 5.91 Å². The van der Waals surface area contributed by atoms with Crippen molar-refractivity contribution in [3.05, 3.63) is 23.5 Å². The Morgan fingerprint density at radius 1 is 1.65 bits per heavy atom. The van der Waals surface area contributed by atoms with Gasteiger partial charge in [0.05, 0.1) is 0 Å². The minimum atomic E-state index is -0.339. The molecule has 0 unspecified atom stereocenters.